The van der Waals surface area contributed by atoms with Gasteiger partial charge in [-0.15, -0.1) is 0 Å². The normalized spacial score (nSPS) is 12.1. The number of phenolic OH excluding ortho intramolecular Hbond substituents is 2. The summed E-state index contributed by atoms with van der Waals surface area (Å²) in [6.07, 6.45) is 2.31. The van der Waals surface area contributed by atoms with E-state index < -0.39 is 5.97 Å². The van der Waals surface area contributed by atoms with Crippen molar-refractivity contribution in [2.75, 3.05) is 0 Å². The Morgan fingerprint density at radius 1 is 1.35 bits per heavy atom. The number of aromatic hydroxyl groups is 2. The Labute approximate surface area is 101 Å². The summed E-state index contributed by atoms with van der Waals surface area (Å²) >= 11 is 0. The molecule has 0 radical (unpaired) electrons. The highest BCUT2D eigenvalue weighted by Gasteiger charge is 2.17. The molecular weight excluding hydrogens is 220 g/mol. The molecule has 0 heterocycles. The molecule has 4 heteroatoms. The Morgan fingerprint density at radius 2 is 2.06 bits per heavy atom. The van der Waals surface area contributed by atoms with Crippen LogP contribution in [0, 0.1) is 0 Å². The van der Waals surface area contributed by atoms with Crippen LogP contribution in [0.5, 0.6) is 11.5 Å². The number of benzene rings is 1. The lowest BCUT2D eigenvalue weighted by Crippen LogP contribution is -2.17. The Kier molecular flexibility index (Phi) is 4.82. The van der Waals surface area contributed by atoms with E-state index in [-0.39, 0.29) is 23.2 Å². The van der Waals surface area contributed by atoms with Crippen LogP contribution in [0.2, 0.25) is 0 Å². The van der Waals surface area contributed by atoms with Crippen molar-refractivity contribution in [2.45, 2.75) is 39.2 Å². The van der Waals surface area contributed by atoms with Gasteiger partial charge in [0.05, 0.1) is 0 Å². The van der Waals surface area contributed by atoms with Crippen molar-refractivity contribution in [3.05, 3.63) is 23.8 Å². The molecule has 0 bridgehead atoms. The molecule has 94 valence electrons. The Morgan fingerprint density at radius 3 is 2.65 bits per heavy atom. The number of carbonyl (C=O) groups is 1. The maximum absolute atomic E-state index is 11.8. The zero-order valence-corrected chi connectivity index (χ0v) is 10.1. The molecule has 1 aromatic carbocycles. The summed E-state index contributed by atoms with van der Waals surface area (Å²) in [5.74, 6) is -0.851. The van der Waals surface area contributed by atoms with E-state index in [2.05, 4.69) is 0 Å². The van der Waals surface area contributed by atoms with Crippen LogP contribution in [0.25, 0.3) is 0 Å². The first-order chi connectivity index (χ1) is 8.08. The summed E-state index contributed by atoms with van der Waals surface area (Å²) in [6.45, 7) is 3.96. The highest BCUT2D eigenvalue weighted by atomic mass is 16.5. The number of hydrogen-bond acceptors (Lipinski definition) is 4. The lowest BCUT2D eigenvalue weighted by molar-refractivity contribution is 0.0268. The van der Waals surface area contributed by atoms with Gasteiger partial charge in [-0.2, -0.15) is 0 Å². The zero-order valence-electron chi connectivity index (χ0n) is 10.1. The summed E-state index contributed by atoms with van der Waals surface area (Å²) in [4.78, 5) is 11.8. The SMILES string of the molecule is CCCC(CC)OC(=O)c1cc(O)ccc1O. The highest BCUT2D eigenvalue weighted by molar-refractivity contribution is 5.92. The number of rotatable bonds is 5. The van der Waals surface area contributed by atoms with E-state index in [0.717, 1.165) is 19.3 Å². The van der Waals surface area contributed by atoms with Gasteiger partial charge in [-0.05, 0) is 31.0 Å². The van der Waals surface area contributed by atoms with E-state index in [9.17, 15) is 15.0 Å². The number of esters is 1. The third kappa shape index (κ3) is 3.66. The van der Waals surface area contributed by atoms with Crippen molar-refractivity contribution in [1.82, 2.24) is 0 Å². The fraction of sp³-hybridized carbons (Fsp3) is 0.462. The molecule has 2 N–H and O–H groups in total. The number of phenols is 2. The fourth-order valence-electron chi connectivity index (χ4n) is 1.57. The first-order valence-electron chi connectivity index (χ1n) is 5.81. The first-order valence-corrected chi connectivity index (χ1v) is 5.81. The van der Waals surface area contributed by atoms with E-state index in [4.69, 9.17) is 4.74 Å². The quantitative estimate of drug-likeness (QED) is 0.611. The molecule has 1 rings (SSSR count). The van der Waals surface area contributed by atoms with Crippen LogP contribution in [0.4, 0.5) is 0 Å². The molecule has 0 saturated heterocycles. The maximum atomic E-state index is 11.8. The van der Waals surface area contributed by atoms with Gasteiger partial charge in [0, 0.05) is 0 Å². The molecule has 0 aliphatic rings. The van der Waals surface area contributed by atoms with Crippen LogP contribution in [0.3, 0.4) is 0 Å². The molecule has 0 aliphatic heterocycles. The largest absolute Gasteiger partial charge is 0.508 e. The van der Waals surface area contributed by atoms with Crippen molar-refractivity contribution in [3.8, 4) is 11.5 Å². The second-order valence-corrected chi connectivity index (χ2v) is 3.93. The lowest BCUT2D eigenvalue weighted by atomic mass is 10.1. The summed E-state index contributed by atoms with van der Waals surface area (Å²) in [7, 11) is 0. The van der Waals surface area contributed by atoms with Gasteiger partial charge in [-0.1, -0.05) is 20.3 Å². The van der Waals surface area contributed by atoms with Crippen molar-refractivity contribution in [3.63, 3.8) is 0 Å². The predicted molar refractivity (Wildman–Crippen MR) is 64.2 cm³/mol. The molecule has 0 saturated carbocycles. The maximum Gasteiger partial charge on any atom is 0.342 e. The molecular formula is C13H18O4. The molecule has 0 amide bonds. The van der Waals surface area contributed by atoms with Gasteiger partial charge < -0.3 is 14.9 Å². The smallest absolute Gasteiger partial charge is 0.342 e. The highest BCUT2D eigenvalue weighted by Crippen LogP contribution is 2.23. The van der Waals surface area contributed by atoms with Crippen LogP contribution < -0.4 is 0 Å². The standard InChI is InChI=1S/C13H18O4/c1-3-5-10(4-2)17-13(16)11-8-9(14)6-7-12(11)15/h6-8,10,14-15H,3-5H2,1-2H3. The third-order valence-corrected chi connectivity index (χ3v) is 2.54. The first kappa shape index (κ1) is 13.4. The minimum absolute atomic E-state index is 0.000414. The van der Waals surface area contributed by atoms with Crippen molar-refractivity contribution in [1.29, 1.82) is 0 Å². The number of hydrogen-bond donors (Lipinski definition) is 2. The predicted octanol–water partition coefficient (Wildman–Crippen LogP) is 2.83. The van der Waals surface area contributed by atoms with Gasteiger partial charge in [-0.3, -0.25) is 0 Å². The van der Waals surface area contributed by atoms with Gasteiger partial charge in [0.15, 0.2) is 0 Å². The van der Waals surface area contributed by atoms with Gasteiger partial charge in [0.25, 0.3) is 0 Å². The molecule has 0 aromatic heterocycles. The number of ether oxygens (including phenoxy) is 1. The van der Waals surface area contributed by atoms with Gasteiger partial charge in [-0.25, -0.2) is 4.79 Å². The molecule has 4 nitrogen and oxygen atoms in total. The van der Waals surface area contributed by atoms with Crippen LogP contribution in [0.15, 0.2) is 18.2 Å². The molecule has 1 unspecified atom stereocenters. The average molecular weight is 238 g/mol. The van der Waals surface area contributed by atoms with Gasteiger partial charge >= 0.3 is 5.97 Å². The van der Waals surface area contributed by atoms with Crippen molar-refractivity contribution in [2.24, 2.45) is 0 Å². The molecule has 0 aliphatic carbocycles. The monoisotopic (exact) mass is 238 g/mol. The van der Waals surface area contributed by atoms with Crippen LogP contribution in [-0.4, -0.2) is 22.3 Å². The second kappa shape index (κ2) is 6.13. The second-order valence-electron chi connectivity index (χ2n) is 3.93. The summed E-state index contributed by atoms with van der Waals surface area (Å²) in [5, 5.41) is 18.8. The summed E-state index contributed by atoms with van der Waals surface area (Å²) in [6, 6.07) is 3.79. The molecule has 0 spiro atoms. The lowest BCUT2D eigenvalue weighted by Gasteiger charge is -2.15. The van der Waals surface area contributed by atoms with Gasteiger partial charge in [0.2, 0.25) is 0 Å². The van der Waals surface area contributed by atoms with Gasteiger partial charge in [0.1, 0.15) is 23.2 Å². The number of carbonyl (C=O) groups excluding carboxylic acids is 1. The van der Waals surface area contributed by atoms with Crippen molar-refractivity contribution < 1.29 is 19.7 Å². The summed E-state index contributed by atoms with van der Waals surface area (Å²) in [5.41, 5.74) is -0.000414. The van der Waals surface area contributed by atoms with E-state index in [1.807, 2.05) is 13.8 Å². The molecule has 0 fully saturated rings. The van der Waals surface area contributed by atoms with E-state index >= 15 is 0 Å². The minimum Gasteiger partial charge on any atom is -0.508 e. The Hall–Kier alpha value is -1.71. The topological polar surface area (TPSA) is 66.8 Å². The molecule has 1 aromatic rings. The van der Waals surface area contributed by atoms with Crippen LogP contribution >= 0.6 is 0 Å². The molecule has 17 heavy (non-hydrogen) atoms. The van der Waals surface area contributed by atoms with Crippen LogP contribution in [-0.2, 0) is 4.74 Å². The zero-order chi connectivity index (χ0) is 12.8. The van der Waals surface area contributed by atoms with E-state index in [1.54, 1.807) is 0 Å². The minimum atomic E-state index is -0.598. The van der Waals surface area contributed by atoms with E-state index in [1.165, 1.54) is 18.2 Å². The third-order valence-electron chi connectivity index (χ3n) is 2.54. The van der Waals surface area contributed by atoms with Crippen molar-refractivity contribution >= 4 is 5.97 Å². The Balaban J connectivity index is 2.78. The molecule has 1 atom stereocenters. The average Bonchev–Trinajstić information content (AvgIpc) is 2.31. The van der Waals surface area contributed by atoms with E-state index in [0.29, 0.717) is 0 Å². The van der Waals surface area contributed by atoms with Crippen LogP contribution in [0.1, 0.15) is 43.5 Å². The fourth-order valence-corrected chi connectivity index (χ4v) is 1.57. The Bertz CT molecular complexity index is 387. The summed E-state index contributed by atoms with van der Waals surface area (Å²) < 4.78 is 5.25.